The third-order valence-corrected chi connectivity index (χ3v) is 4.90. The molecule has 5 heteroatoms. The van der Waals surface area contributed by atoms with Gasteiger partial charge in [0.1, 0.15) is 6.04 Å². The van der Waals surface area contributed by atoms with Crippen LogP contribution in [-0.4, -0.2) is 29.4 Å². The van der Waals surface area contributed by atoms with Crippen LogP contribution in [0.5, 0.6) is 0 Å². The molecule has 5 nitrogen and oxygen atoms in total. The van der Waals surface area contributed by atoms with Gasteiger partial charge in [0.2, 0.25) is 5.91 Å². The molecule has 2 heterocycles. The maximum Gasteiger partial charge on any atom is 0.252 e. The molecule has 1 fully saturated rings. The SMILES string of the molecule is Cc1ccc(-c2cc(C(=O)N[C@H]3CCCNC3=O)c3ccccc3n2)cc1. The number of fused-ring (bicyclic) bond motifs is 1. The van der Waals surface area contributed by atoms with Crippen LogP contribution in [0.4, 0.5) is 0 Å². The van der Waals surface area contributed by atoms with Crippen LogP contribution in [0.2, 0.25) is 0 Å². The molecule has 136 valence electrons. The van der Waals surface area contributed by atoms with Crippen LogP contribution < -0.4 is 10.6 Å². The summed E-state index contributed by atoms with van der Waals surface area (Å²) < 4.78 is 0. The van der Waals surface area contributed by atoms with Crippen LogP contribution in [0.15, 0.2) is 54.6 Å². The Hall–Kier alpha value is -3.21. The molecule has 1 aromatic heterocycles. The number of aromatic nitrogens is 1. The predicted molar refractivity (Wildman–Crippen MR) is 105 cm³/mol. The number of nitrogens with zero attached hydrogens (tertiary/aromatic N) is 1. The average Bonchev–Trinajstić information content (AvgIpc) is 2.69. The second-order valence-electron chi connectivity index (χ2n) is 6.90. The lowest BCUT2D eigenvalue weighted by Crippen LogP contribution is -2.50. The van der Waals surface area contributed by atoms with Crippen molar-refractivity contribution in [3.8, 4) is 11.3 Å². The maximum absolute atomic E-state index is 13.0. The van der Waals surface area contributed by atoms with Crippen molar-refractivity contribution in [1.82, 2.24) is 15.6 Å². The molecule has 0 aliphatic carbocycles. The van der Waals surface area contributed by atoms with Gasteiger partial charge in [-0.25, -0.2) is 4.98 Å². The molecule has 0 radical (unpaired) electrons. The molecule has 0 bridgehead atoms. The molecule has 1 aliphatic rings. The van der Waals surface area contributed by atoms with Gasteiger partial charge in [-0.3, -0.25) is 9.59 Å². The van der Waals surface area contributed by atoms with Gasteiger partial charge in [0.05, 0.1) is 16.8 Å². The van der Waals surface area contributed by atoms with Gasteiger partial charge in [-0.2, -0.15) is 0 Å². The minimum atomic E-state index is -0.485. The first-order chi connectivity index (χ1) is 13.1. The largest absolute Gasteiger partial charge is 0.354 e. The summed E-state index contributed by atoms with van der Waals surface area (Å²) in [5.74, 6) is -0.365. The predicted octanol–water partition coefficient (Wildman–Crippen LogP) is 3.22. The normalized spacial score (nSPS) is 16.8. The number of carbonyl (C=O) groups excluding carboxylic acids is 2. The molecule has 2 N–H and O–H groups in total. The molecule has 0 saturated carbocycles. The molecular weight excluding hydrogens is 338 g/mol. The maximum atomic E-state index is 13.0. The lowest BCUT2D eigenvalue weighted by molar-refractivity contribution is -0.124. The molecule has 0 spiro atoms. The Morgan fingerprint density at radius 2 is 1.93 bits per heavy atom. The number of para-hydroxylation sites is 1. The number of nitrogens with one attached hydrogen (secondary N) is 2. The van der Waals surface area contributed by atoms with E-state index in [-0.39, 0.29) is 11.8 Å². The van der Waals surface area contributed by atoms with Gasteiger partial charge >= 0.3 is 0 Å². The lowest BCUT2D eigenvalue weighted by Gasteiger charge is -2.23. The Morgan fingerprint density at radius 1 is 1.15 bits per heavy atom. The first-order valence-corrected chi connectivity index (χ1v) is 9.17. The van der Waals surface area contributed by atoms with Gasteiger partial charge in [0.15, 0.2) is 0 Å². The van der Waals surface area contributed by atoms with Crippen LogP contribution in [0.1, 0.15) is 28.8 Å². The Labute approximate surface area is 157 Å². The zero-order chi connectivity index (χ0) is 18.8. The van der Waals surface area contributed by atoms with Gasteiger partial charge in [0.25, 0.3) is 5.91 Å². The lowest BCUT2D eigenvalue weighted by atomic mass is 10.0. The summed E-state index contributed by atoms with van der Waals surface area (Å²) in [4.78, 5) is 29.7. The zero-order valence-electron chi connectivity index (χ0n) is 15.2. The molecule has 1 atom stereocenters. The van der Waals surface area contributed by atoms with Gasteiger partial charge in [0, 0.05) is 17.5 Å². The van der Waals surface area contributed by atoms with E-state index >= 15 is 0 Å². The molecule has 0 unspecified atom stereocenters. The molecule has 1 aliphatic heterocycles. The number of hydrogen-bond acceptors (Lipinski definition) is 3. The second-order valence-corrected chi connectivity index (χ2v) is 6.90. The van der Waals surface area contributed by atoms with Crippen molar-refractivity contribution in [2.75, 3.05) is 6.54 Å². The highest BCUT2D eigenvalue weighted by atomic mass is 16.2. The van der Waals surface area contributed by atoms with Gasteiger partial charge in [-0.05, 0) is 31.9 Å². The Balaban J connectivity index is 1.75. The Kier molecular flexibility index (Phi) is 4.59. The molecule has 3 aromatic rings. The number of rotatable bonds is 3. The number of piperidine rings is 1. The monoisotopic (exact) mass is 359 g/mol. The molecule has 2 aromatic carbocycles. The van der Waals surface area contributed by atoms with Crippen molar-refractivity contribution < 1.29 is 9.59 Å². The van der Waals surface area contributed by atoms with Gasteiger partial charge in [-0.1, -0.05) is 48.0 Å². The van der Waals surface area contributed by atoms with E-state index in [4.69, 9.17) is 4.98 Å². The van der Waals surface area contributed by atoms with Crippen molar-refractivity contribution in [3.63, 3.8) is 0 Å². The number of benzene rings is 2. The van der Waals surface area contributed by atoms with E-state index in [9.17, 15) is 9.59 Å². The van der Waals surface area contributed by atoms with Crippen molar-refractivity contribution in [3.05, 3.63) is 65.7 Å². The molecule has 2 amide bonds. The number of hydrogen-bond donors (Lipinski definition) is 2. The highest BCUT2D eigenvalue weighted by Gasteiger charge is 2.25. The van der Waals surface area contributed by atoms with Crippen molar-refractivity contribution in [1.29, 1.82) is 0 Å². The Bertz CT molecular complexity index is 1010. The van der Waals surface area contributed by atoms with Crippen LogP contribution in [-0.2, 0) is 4.79 Å². The fourth-order valence-electron chi connectivity index (χ4n) is 3.38. The van der Waals surface area contributed by atoms with E-state index in [1.165, 1.54) is 5.56 Å². The third-order valence-electron chi connectivity index (χ3n) is 4.90. The minimum absolute atomic E-state index is 0.119. The summed E-state index contributed by atoms with van der Waals surface area (Å²) in [5, 5.41) is 6.47. The highest BCUT2D eigenvalue weighted by molar-refractivity contribution is 6.08. The summed E-state index contributed by atoms with van der Waals surface area (Å²) in [6.07, 6.45) is 1.52. The van der Waals surface area contributed by atoms with Crippen LogP contribution in [0.25, 0.3) is 22.2 Å². The fraction of sp³-hybridized carbons (Fsp3) is 0.227. The molecule has 27 heavy (non-hydrogen) atoms. The second kappa shape index (κ2) is 7.19. The standard InChI is InChI=1S/C22H21N3O2/c1-14-8-10-15(11-9-14)20-13-17(16-5-2-3-6-18(16)24-20)21(26)25-19-7-4-12-23-22(19)27/h2-3,5-6,8-11,13,19H,4,7,12H2,1H3,(H,23,27)(H,25,26)/t19-/m0/s1. The van der Waals surface area contributed by atoms with Crippen molar-refractivity contribution in [2.24, 2.45) is 0 Å². The minimum Gasteiger partial charge on any atom is -0.354 e. The summed E-state index contributed by atoms with van der Waals surface area (Å²) >= 11 is 0. The summed E-state index contributed by atoms with van der Waals surface area (Å²) in [5.41, 5.74) is 4.16. The van der Waals surface area contributed by atoms with Crippen LogP contribution in [0.3, 0.4) is 0 Å². The van der Waals surface area contributed by atoms with Crippen LogP contribution in [0, 0.1) is 6.92 Å². The average molecular weight is 359 g/mol. The quantitative estimate of drug-likeness (QED) is 0.754. The topological polar surface area (TPSA) is 71.1 Å². The van der Waals surface area contributed by atoms with E-state index in [1.807, 2.05) is 61.5 Å². The Morgan fingerprint density at radius 3 is 2.70 bits per heavy atom. The first-order valence-electron chi connectivity index (χ1n) is 9.17. The summed E-state index contributed by atoms with van der Waals surface area (Å²) in [6.45, 7) is 2.70. The molecule has 4 rings (SSSR count). The zero-order valence-corrected chi connectivity index (χ0v) is 15.2. The third kappa shape index (κ3) is 3.53. The number of amides is 2. The number of aryl methyl sites for hydroxylation is 1. The molecular formula is C22H21N3O2. The highest BCUT2D eigenvalue weighted by Crippen LogP contribution is 2.25. The van der Waals surface area contributed by atoms with Crippen molar-refractivity contribution in [2.45, 2.75) is 25.8 Å². The van der Waals surface area contributed by atoms with Gasteiger partial charge in [-0.15, -0.1) is 0 Å². The van der Waals surface area contributed by atoms with E-state index in [2.05, 4.69) is 10.6 Å². The van der Waals surface area contributed by atoms with E-state index in [1.54, 1.807) is 0 Å². The molecule has 1 saturated heterocycles. The number of carbonyl (C=O) groups is 2. The van der Waals surface area contributed by atoms with Crippen molar-refractivity contribution >= 4 is 22.7 Å². The van der Waals surface area contributed by atoms with Crippen LogP contribution >= 0.6 is 0 Å². The van der Waals surface area contributed by atoms with E-state index < -0.39 is 6.04 Å². The van der Waals surface area contributed by atoms with E-state index in [0.717, 1.165) is 28.6 Å². The first kappa shape index (κ1) is 17.2. The smallest absolute Gasteiger partial charge is 0.252 e. The van der Waals surface area contributed by atoms with E-state index in [0.29, 0.717) is 18.5 Å². The fourth-order valence-corrected chi connectivity index (χ4v) is 3.38. The summed E-state index contributed by atoms with van der Waals surface area (Å²) in [7, 11) is 0. The number of pyridine rings is 1. The summed E-state index contributed by atoms with van der Waals surface area (Å²) in [6, 6.07) is 17.0. The van der Waals surface area contributed by atoms with Gasteiger partial charge < -0.3 is 10.6 Å².